The lowest BCUT2D eigenvalue weighted by atomic mass is 9.95. The Kier molecular flexibility index (Phi) is 4.82. The Morgan fingerprint density at radius 3 is 1.75 bits per heavy atom. The molecule has 6 aromatic carbocycles. The highest BCUT2D eigenvalue weighted by molar-refractivity contribution is 6.18. The predicted molar refractivity (Wildman–Crippen MR) is 151 cm³/mol. The molecule has 1 aromatic heterocycles. The molecule has 2 heteroatoms. The highest BCUT2D eigenvalue weighted by Gasteiger charge is 2.18. The largest absolute Gasteiger partial charge is 0.455 e. The molecule has 0 N–H and O–H groups in total. The van der Waals surface area contributed by atoms with Gasteiger partial charge >= 0.3 is 0 Å². The van der Waals surface area contributed by atoms with Gasteiger partial charge in [-0.15, -0.1) is 0 Å². The van der Waals surface area contributed by atoms with Crippen LogP contribution in [0.1, 0.15) is 0 Å². The van der Waals surface area contributed by atoms with E-state index in [4.69, 9.17) is 4.42 Å². The van der Waals surface area contributed by atoms with Gasteiger partial charge in [-0.1, -0.05) is 91.0 Å². The Hall–Kier alpha value is -4.82. The van der Waals surface area contributed by atoms with Gasteiger partial charge in [0.05, 0.1) is 0 Å². The van der Waals surface area contributed by atoms with Gasteiger partial charge in [-0.3, -0.25) is 0 Å². The third-order valence-electron chi connectivity index (χ3n) is 6.82. The number of furan rings is 1. The smallest absolute Gasteiger partial charge is 0.143 e. The summed E-state index contributed by atoms with van der Waals surface area (Å²) in [4.78, 5) is 2.27. The van der Waals surface area contributed by atoms with E-state index in [0.29, 0.717) is 0 Å². The lowest BCUT2D eigenvalue weighted by Crippen LogP contribution is -2.09. The first-order chi connectivity index (χ1) is 17.9. The quantitative estimate of drug-likeness (QED) is 0.259. The average molecular weight is 462 g/mol. The Bertz CT molecular complexity index is 1780. The molecule has 0 atom stereocenters. The minimum absolute atomic E-state index is 0.881. The van der Waals surface area contributed by atoms with Crippen LogP contribution in [0.2, 0.25) is 0 Å². The molecule has 7 rings (SSSR count). The van der Waals surface area contributed by atoms with Gasteiger partial charge in [-0.05, 0) is 58.8 Å². The summed E-state index contributed by atoms with van der Waals surface area (Å²) in [5.74, 6) is 0. The Morgan fingerprint density at radius 2 is 1.06 bits per heavy atom. The molecule has 170 valence electrons. The van der Waals surface area contributed by atoms with Gasteiger partial charge < -0.3 is 9.32 Å². The summed E-state index contributed by atoms with van der Waals surface area (Å²) in [6, 6.07) is 48.8. The molecular weight excluding hydrogens is 438 g/mol. The second kappa shape index (κ2) is 8.44. The van der Waals surface area contributed by atoms with Crippen LogP contribution in [0.25, 0.3) is 43.8 Å². The van der Waals surface area contributed by atoms with Crippen LogP contribution in [-0.4, -0.2) is 0 Å². The predicted octanol–water partition coefficient (Wildman–Crippen LogP) is 9.88. The number of hydrogen-bond acceptors (Lipinski definition) is 2. The highest BCUT2D eigenvalue weighted by Crippen LogP contribution is 2.43. The van der Waals surface area contributed by atoms with Crippen LogP contribution in [0.5, 0.6) is 0 Å². The summed E-state index contributed by atoms with van der Waals surface area (Å²) < 4.78 is 6.68. The summed E-state index contributed by atoms with van der Waals surface area (Å²) >= 11 is 0. The number of benzene rings is 6. The van der Waals surface area contributed by atoms with E-state index < -0.39 is 0 Å². The van der Waals surface area contributed by atoms with Crippen molar-refractivity contribution in [3.8, 4) is 11.1 Å². The number of anilines is 3. The molecule has 7 aromatic rings. The Morgan fingerprint density at radius 1 is 0.444 bits per heavy atom. The summed E-state index contributed by atoms with van der Waals surface area (Å²) in [6.07, 6.45) is 0. The van der Waals surface area contributed by atoms with Crippen molar-refractivity contribution in [1.82, 2.24) is 0 Å². The van der Waals surface area contributed by atoms with Crippen LogP contribution in [0.4, 0.5) is 17.1 Å². The van der Waals surface area contributed by atoms with E-state index in [1.807, 2.05) is 12.1 Å². The van der Waals surface area contributed by atoms with E-state index in [-0.39, 0.29) is 0 Å². The second-order valence-electron chi connectivity index (χ2n) is 9.00. The van der Waals surface area contributed by atoms with E-state index in [0.717, 1.165) is 50.1 Å². The average Bonchev–Trinajstić information content (AvgIpc) is 3.31. The van der Waals surface area contributed by atoms with Crippen molar-refractivity contribution in [3.05, 3.63) is 140 Å². The molecule has 2 nitrogen and oxygen atoms in total. The van der Waals surface area contributed by atoms with Gasteiger partial charge in [0.2, 0.25) is 0 Å². The van der Waals surface area contributed by atoms with Crippen molar-refractivity contribution in [2.45, 2.75) is 0 Å². The van der Waals surface area contributed by atoms with Gasteiger partial charge in [0, 0.05) is 39.5 Å². The summed E-state index contributed by atoms with van der Waals surface area (Å²) in [7, 11) is 0. The number of fused-ring (bicyclic) bond motifs is 4. The lowest BCUT2D eigenvalue weighted by Gasteiger charge is -2.25. The zero-order valence-corrected chi connectivity index (χ0v) is 19.6. The normalized spacial score (nSPS) is 11.3. The van der Waals surface area contributed by atoms with Crippen molar-refractivity contribution in [2.24, 2.45) is 0 Å². The van der Waals surface area contributed by atoms with Gasteiger partial charge in [0.25, 0.3) is 0 Å². The Balaban J connectivity index is 1.50. The first-order valence-corrected chi connectivity index (χ1v) is 12.2. The molecule has 0 spiro atoms. The van der Waals surface area contributed by atoms with Crippen LogP contribution in [-0.2, 0) is 0 Å². The van der Waals surface area contributed by atoms with Crippen molar-refractivity contribution >= 4 is 49.8 Å². The third kappa shape index (κ3) is 3.35. The van der Waals surface area contributed by atoms with Crippen LogP contribution < -0.4 is 4.90 Å². The van der Waals surface area contributed by atoms with Crippen LogP contribution in [0.15, 0.2) is 144 Å². The molecule has 0 aliphatic carbocycles. The minimum Gasteiger partial charge on any atom is -0.455 e. The van der Waals surface area contributed by atoms with Crippen molar-refractivity contribution < 1.29 is 4.42 Å². The fourth-order valence-corrected chi connectivity index (χ4v) is 5.19. The number of para-hydroxylation sites is 2. The topological polar surface area (TPSA) is 16.4 Å². The first-order valence-electron chi connectivity index (χ1n) is 12.2. The Labute approximate surface area is 209 Å². The van der Waals surface area contributed by atoms with Crippen molar-refractivity contribution in [1.29, 1.82) is 0 Å². The van der Waals surface area contributed by atoms with Gasteiger partial charge in [-0.2, -0.15) is 0 Å². The molecule has 0 unspecified atom stereocenters. The summed E-state index contributed by atoms with van der Waals surface area (Å²) in [5.41, 5.74) is 7.39. The lowest BCUT2D eigenvalue weighted by molar-refractivity contribution is 0.670. The molecule has 0 saturated carbocycles. The van der Waals surface area contributed by atoms with E-state index in [2.05, 4.69) is 132 Å². The number of nitrogens with zero attached hydrogens (tertiary/aromatic N) is 1. The van der Waals surface area contributed by atoms with Crippen LogP contribution in [0, 0.1) is 0 Å². The second-order valence-corrected chi connectivity index (χ2v) is 9.00. The maximum Gasteiger partial charge on any atom is 0.143 e. The molecule has 0 aliphatic heterocycles. The molecule has 0 radical (unpaired) electrons. The van der Waals surface area contributed by atoms with E-state index in [1.165, 1.54) is 10.8 Å². The third-order valence-corrected chi connectivity index (χ3v) is 6.82. The molecule has 36 heavy (non-hydrogen) atoms. The summed E-state index contributed by atoms with van der Waals surface area (Å²) in [6.45, 7) is 0. The molecule has 0 saturated heterocycles. The fourth-order valence-electron chi connectivity index (χ4n) is 5.19. The molecule has 0 fully saturated rings. The fraction of sp³-hybridized carbons (Fsp3) is 0. The molecule has 0 amide bonds. The SMILES string of the molecule is c1ccc(-c2c3ccccc3cc3c2oc2cc(N(c4ccccc4)c4ccccc4)ccc23)cc1. The van der Waals surface area contributed by atoms with Gasteiger partial charge in [-0.25, -0.2) is 0 Å². The first kappa shape index (κ1) is 20.5. The maximum absolute atomic E-state index is 6.68. The van der Waals surface area contributed by atoms with Crippen molar-refractivity contribution in [3.63, 3.8) is 0 Å². The minimum atomic E-state index is 0.881. The number of hydrogen-bond donors (Lipinski definition) is 0. The van der Waals surface area contributed by atoms with Gasteiger partial charge in [0.1, 0.15) is 11.2 Å². The standard InChI is InChI=1S/C34H23NO/c1-4-12-24(13-5-1)33-29-19-11-10-14-25(29)22-31-30-21-20-28(23-32(30)36-34(31)33)35(26-15-6-2-7-16-26)27-17-8-3-9-18-27/h1-23H. The van der Waals surface area contributed by atoms with Crippen LogP contribution in [0.3, 0.4) is 0 Å². The molecule has 0 bridgehead atoms. The van der Waals surface area contributed by atoms with Gasteiger partial charge in [0.15, 0.2) is 0 Å². The monoisotopic (exact) mass is 461 g/mol. The molecule has 1 heterocycles. The molecular formula is C34H23NO. The molecule has 0 aliphatic rings. The zero-order chi connectivity index (χ0) is 23.9. The summed E-state index contributed by atoms with van der Waals surface area (Å²) in [5, 5.41) is 4.68. The van der Waals surface area contributed by atoms with E-state index in [9.17, 15) is 0 Å². The maximum atomic E-state index is 6.68. The van der Waals surface area contributed by atoms with Crippen molar-refractivity contribution in [2.75, 3.05) is 4.90 Å². The number of rotatable bonds is 4. The van der Waals surface area contributed by atoms with E-state index >= 15 is 0 Å². The van der Waals surface area contributed by atoms with Crippen LogP contribution >= 0.6 is 0 Å². The van der Waals surface area contributed by atoms with E-state index in [1.54, 1.807) is 0 Å². The zero-order valence-electron chi connectivity index (χ0n) is 19.6. The highest BCUT2D eigenvalue weighted by atomic mass is 16.3.